The number of amides is 1. The summed E-state index contributed by atoms with van der Waals surface area (Å²) >= 11 is 6.30. The van der Waals surface area contributed by atoms with Crippen LogP contribution in [-0.2, 0) is 17.9 Å². The number of halogens is 1. The topological polar surface area (TPSA) is 50.6 Å². The van der Waals surface area contributed by atoms with Crippen LogP contribution >= 0.6 is 11.6 Å². The first-order valence-corrected chi connectivity index (χ1v) is 12.0. The molecule has 1 aliphatic carbocycles. The molecule has 172 valence electrons. The van der Waals surface area contributed by atoms with Crippen molar-refractivity contribution >= 4 is 23.3 Å². The molecule has 0 radical (unpaired) electrons. The Morgan fingerprint density at radius 1 is 1.09 bits per heavy atom. The minimum atomic E-state index is 0.126. The molecular weight excluding hydrogens is 436 g/mol. The number of rotatable bonds is 8. The third kappa shape index (κ3) is 5.40. The van der Waals surface area contributed by atoms with E-state index < -0.39 is 0 Å². The number of hydrogen-bond donors (Lipinski definition) is 0. The first-order valence-electron chi connectivity index (χ1n) is 11.6. The Kier molecular flexibility index (Phi) is 6.38. The molecule has 7 heteroatoms. The van der Waals surface area contributed by atoms with Gasteiger partial charge in [-0.25, -0.2) is 0 Å². The molecule has 0 bridgehead atoms. The van der Waals surface area contributed by atoms with E-state index in [0.717, 1.165) is 47.4 Å². The molecule has 0 spiro atoms. The van der Waals surface area contributed by atoms with Gasteiger partial charge in [0.15, 0.2) is 5.82 Å². The lowest BCUT2D eigenvalue weighted by molar-refractivity contribution is -0.121. The van der Waals surface area contributed by atoms with E-state index >= 15 is 0 Å². The van der Waals surface area contributed by atoms with Gasteiger partial charge in [-0.3, -0.25) is 19.3 Å². The normalized spacial score (nSPS) is 16.9. The Balaban J connectivity index is 1.29. The molecule has 2 aromatic carbocycles. The Hall–Kier alpha value is -2.83. The number of hydrogen-bond acceptors (Lipinski definition) is 4. The smallest absolute Gasteiger partial charge is 0.242 e. The zero-order chi connectivity index (χ0) is 22.8. The molecular formula is C26H29ClN4O2. The fourth-order valence-corrected chi connectivity index (χ4v) is 4.47. The van der Waals surface area contributed by atoms with Crippen molar-refractivity contribution < 1.29 is 9.53 Å². The number of piperazine rings is 1. The molecule has 0 N–H and O–H groups in total. The summed E-state index contributed by atoms with van der Waals surface area (Å²) in [6, 6.07) is 17.7. The van der Waals surface area contributed by atoms with Crippen LogP contribution in [0, 0.1) is 12.8 Å². The number of carbonyl (C=O) groups excluding carboxylic acids is 1. The standard InChI is InChI=1S/C26H29ClN4O2/c1-19-13-25(30-12-11-29(17-26(30)32)15-20-7-8-20)28-31(19)16-22-14-23(27)9-10-24(22)33-18-21-5-3-2-4-6-21/h2-6,9-10,13-14,20H,7-8,11-12,15-18H2,1H3. The summed E-state index contributed by atoms with van der Waals surface area (Å²) in [4.78, 5) is 16.9. The van der Waals surface area contributed by atoms with Crippen LogP contribution in [0.25, 0.3) is 0 Å². The van der Waals surface area contributed by atoms with Gasteiger partial charge in [0, 0.05) is 42.0 Å². The average molecular weight is 465 g/mol. The first kappa shape index (κ1) is 22.0. The molecule has 2 fully saturated rings. The van der Waals surface area contributed by atoms with E-state index in [1.807, 2.05) is 71.1 Å². The van der Waals surface area contributed by atoms with Crippen molar-refractivity contribution in [3.05, 3.63) is 76.4 Å². The zero-order valence-electron chi connectivity index (χ0n) is 18.9. The third-order valence-electron chi connectivity index (χ3n) is 6.34. The van der Waals surface area contributed by atoms with Gasteiger partial charge in [0.2, 0.25) is 5.91 Å². The maximum atomic E-state index is 12.8. The number of aromatic nitrogens is 2. The van der Waals surface area contributed by atoms with Gasteiger partial charge in [0.05, 0.1) is 13.1 Å². The van der Waals surface area contributed by atoms with Gasteiger partial charge < -0.3 is 4.74 Å². The van der Waals surface area contributed by atoms with Gasteiger partial charge in [0.25, 0.3) is 0 Å². The van der Waals surface area contributed by atoms with Crippen molar-refractivity contribution in [3.63, 3.8) is 0 Å². The number of nitrogens with zero attached hydrogens (tertiary/aromatic N) is 4. The second kappa shape index (κ2) is 9.57. The van der Waals surface area contributed by atoms with Crippen LogP contribution in [0.15, 0.2) is 54.6 Å². The molecule has 3 aromatic rings. The number of benzene rings is 2. The number of anilines is 1. The van der Waals surface area contributed by atoms with E-state index in [0.29, 0.717) is 31.3 Å². The highest BCUT2D eigenvalue weighted by atomic mass is 35.5. The molecule has 1 saturated carbocycles. The molecule has 1 aromatic heterocycles. The zero-order valence-corrected chi connectivity index (χ0v) is 19.7. The summed E-state index contributed by atoms with van der Waals surface area (Å²) in [5.41, 5.74) is 3.05. The van der Waals surface area contributed by atoms with Crippen molar-refractivity contribution in [1.29, 1.82) is 0 Å². The van der Waals surface area contributed by atoms with Crippen molar-refractivity contribution in [2.45, 2.75) is 32.9 Å². The van der Waals surface area contributed by atoms with Gasteiger partial charge in [-0.1, -0.05) is 41.9 Å². The maximum Gasteiger partial charge on any atom is 0.242 e. The van der Waals surface area contributed by atoms with E-state index in [-0.39, 0.29) is 5.91 Å². The van der Waals surface area contributed by atoms with E-state index in [1.165, 1.54) is 12.8 Å². The highest BCUT2D eigenvalue weighted by Crippen LogP contribution is 2.30. The maximum absolute atomic E-state index is 12.8. The van der Waals surface area contributed by atoms with Gasteiger partial charge in [0.1, 0.15) is 12.4 Å². The monoisotopic (exact) mass is 464 g/mol. The highest BCUT2D eigenvalue weighted by molar-refractivity contribution is 6.30. The quantitative estimate of drug-likeness (QED) is 0.491. The Morgan fingerprint density at radius 2 is 1.91 bits per heavy atom. The van der Waals surface area contributed by atoms with Gasteiger partial charge >= 0.3 is 0 Å². The van der Waals surface area contributed by atoms with Gasteiger partial charge in [-0.15, -0.1) is 0 Å². The third-order valence-corrected chi connectivity index (χ3v) is 6.57. The Labute approximate surface area is 199 Å². The molecule has 6 nitrogen and oxygen atoms in total. The van der Waals surface area contributed by atoms with Crippen molar-refractivity contribution in [1.82, 2.24) is 14.7 Å². The molecule has 0 atom stereocenters. The van der Waals surface area contributed by atoms with Crippen LogP contribution in [0.5, 0.6) is 5.75 Å². The van der Waals surface area contributed by atoms with E-state index in [1.54, 1.807) is 0 Å². The predicted molar refractivity (Wildman–Crippen MR) is 130 cm³/mol. The summed E-state index contributed by atoms with van der Waals surface area (Å²) in [6.45, 7) is 6.14. The second-order valence-corrected chi connectivity index (χ2v) is 9.49. The number of ether oxygens (including phenoxy) is 1. The molecule has 2 aliphatic rings. The summed E-state index contributed by atoms with van der Waals surface area (Å²) in [7, 11) is 0. The lowest BCUT2D eigenvalue weighted by Crippen LogP contribution is -2.51. The molecule has 1 amide bonds. The molecule has 5 rings (SSSR count). The van der Waals surface area contributed by atoms with Crippen molar-refractivity contribution in [2.75, 3.05) is 31.1 Å². The van der Waals surface area contributed by atoms with Crippen LogP contribution in [0.3, 0.4) is 0 Å². The lowest BCUT2D eigenvalue weighted by atomic mass is 10.2. The fourth-order valence-electron chi connectivity index (χ4n) is 4.28. The summed E-state index contributed by atoms with van der Waals surface area (Å²) in [5, 5.41) is 5.43. The van der Waals surface area contributed by atoms with Crippen LogP contribution in [0.4, 0.5) is 5.82 Å². The number of carbonyl (C=O) groups is 1. The minimum Gasteiger partial charge on any atom is -0.489 e. The lowest BCUT2D eigenvalue weighted by Gasteiger charge is -2.33. The Morgan fingerprint density at radius 3 is 2.67 bits per heavy atom. The van der Waals surface area contributed by atoms with E-state index in [9.17, 15) is 4.79 Å². The highest BCUT2D eigenvalue weighted by Gasteiger charge is 2.31. The summed E-state index contributed by atoms with van der Waals surface area (Å²) in [5.74, 6) is 2.42. The molecule has 0 unspecified atom stereocenters. The largest absolute Gasteiger partial charge is 0.489 e. The van der Waals surface area contributed by atoms with Crippen LogP contribution in [0.2, 0.25) is 5.02 Å². The molecule has 1 aliphatic heterocycles. The predicted octanol–water partition coefficient (Wildman–Crippen LogP) is 4.53. The second-order valence-electron chi connectivity index (χ2n) is 9.05. The molecule has 33 heavy (non-hydrogen) atoms. The van der Waals surface area contributed by atoms with Gasteiger partial charge in [-0.2, -0.15) is 5.10 Å². The minimum absolute atomic E-state index is 0.126. The van der Waals surface area contributed by atoms with E-state index in [2.05, 4.69) is 4.90 Å². The molecule has 2 heterocycles. The Bertz CT molecular complexity index is 1130. The first-order chi connectivity index (χ1) is 16.0. The fraction of sp³-hybridized carbons (Fsp3) is 0.385. The van der Waals surface area contributed by atoms with Crippen molar-refractivity contribution in [3.8, 4) is 5.75 Å². The van der Waals surface area contributed by atoms with Crippen LogP contribution in [-0.4, -0.2) is 46.8 Å². The SMILES string of the molecule is Cc1cc(N2CCN(CC3CC3)CC2=O)nn1Cc1cc(Cl)ccc1OCc1ccccc1. The number of aryl methyl sites for hydroxylation is 1. The molecule has 1 saturated heterocycles. The van der Waals surface area contributed by atoms with Crippen LogP contribution in [0.1, 0.15) is 29.7 Å². The summed E-state index contributed by atoms with van der Waals surface area (Å²) in [6.07, 6.45) is 2.61. The van der Waals surface area contributed by atoms with Gasteiger partial charge in [-0.05, 0) is 49.4 Å². The van der Waals surface area contributed by atoms with Crippen LogP contribution < -0.4 is 9.64 Å². The van der Waals surface area contributed by atoms with Crippen molar-refractivity contribution in [2.24, 2.45) is 5.92 Å². The summed E-state index contributed by atoms with van der Waals surface area (Å²) < 4.78 is 8.03. The average Bonchev–Trinajstić information content (AvgIpc) is 3.55. The van der Waals surface area contributed by atoms with E-state index in [4.69, 9.17) is 21.4 Å².